The summed E-state index contributed by atoms with van der Waals surface area (Å²) in [6, 6.07) is 24.5. The van der Waals surface area contributed by atoms with Crippen LogP contribution in [-0.2, 0) is 28.1 Å². The highest BCUT2D eigenvalue weighted by atomic mass is 19.1. The second-order valence-electron chi connectivity index (χ2n) is 8.61. The molecule has 32 heavy (non-hydrogen) atoms. The van der Waals surface area contributed by atoms with Gasteiger partial charge >= 0.3 is 0 Å². The molecule has 2 heterocycles. The lowest BCUT2D eigenvalue weighted by molar-refractivity contribution is -0.186. The molecular formula is C27H26FNO3. The van der Waals surface area contributed by atoms with Crippen LogP contribution in [0, 0.1) is 5.82 Å². The zero-order chi connectivity index (χ0) is 22.0. The fourth-order valence-corrected chi connectivity index (χ4v) is 4.86. The summed E-state index contributed by atoms with van der Waals surface area (Å²) >= 11 is 0. The van der Waals surface area contributed by atoms with Gasteiger partial charge in [-0.1, -0.05) is 60.7 Å². The Labute approximate surface area is 187 Å². The lowest BCUT2D eigenvalue weighted by atomic mass is 9.72. The van der Waals surface area contributed by atoms with Crippen LogP contribution in [0.1, 0.15) is 36.0 Å². The van der Waals surface area contributed by atoms with Crippen molar-refractivity contribution in [2.24, 2.45) is 0 Å². The number of carbonyl (C=O) groups excluding carboxylic acids is 1. The van der Waals surface area contributed by atoms with E-state index >= 15 is 0 Å². The van der Waals surface area contributed by atoms with Gasteiger partial charge in [0, 0.05) is 12.0 Å². The van der Waals surface area contributed by atoms with Gasteiger partial charge in [-0.3, -0.25) is 9.63 Å². The van der Waals surface area contributed by atoms with E-state index in [1.807, 2.05) is 48.5 Å². The molecule has 0 bridgehead atoms. The van der Waals surface area contributed by atoms with Crippen LogP contribution in [0.3, 0.4) is 0 Å². The van der Waals surface area contributed by atoms with E-state index in [0.29, 0.717) is 37.3 Å². The number of hydrogen-bond donors (Lipinski definition) is 0. The average molecular weight is 432 g/mol. The fraction of sp³-hybridized carbons (Fsp3) is 0.296. The van der Waals surface area contributed by atoms with Gasteiger partial charge in [-0.15, -0.1) is 0 Å². The Bertz CT molecular complexity index is 1090. The van der Waals surface area contributed by atoms with Crippen LogP contribution >= 0.6 is 0 Å². The van der Waals surface area contributed by atoms with E-state index in [1.165, 1.54) is 22.8 Å². The van der Waals surface area contributed by atoms with E-state index in [4.69, 9.17) is 9.57 Å². The van der Waals surface area contributed by atoms with Crippen LogP contribution in [0.5, 0.6) is 5.75 Å². The van der Waals surface area contributed by atoms with Gasteiger partial charge in [0.2, 0.25) is 0 Å². The smallest absolute Gasteiger partial charge is 0.257 e. The standard InChI is InChI=1S/C27H26FNO3/c28-22-12-14-25-24(17-22)27(18-23(32-25)13-11-20-7-3-1-4-8-20)15-16-29(26(27)30)31-19-21-9-5-2-6-10-21/h1-10,12,14,17,23H,11,13,15-16,18-19H2. The highest BCUT2D eigenvalue weighted by Crippen LogP contribution is 2.48. The maximum atomic E-state index is 14.2. The van der Waals surface area contributed by atoms with E-state index < -0.39 is 5.41 Å². The summed E-state index contributed by atoms with van der Waals surface area (Å²) in [5.74, 6) is 0.146. The van der Waals surface area contributed by atoms with Crippen molar-refractivity contribution in [1.82, 2.24) is 5.06 Å². The number of nitrogens with zero attached hydrogens (tertiary/aromatic N) is 1. The maximum Gasteiger partial charge on any atom is 0.257 e. The first kappa shape index (κ1) is 20.7. The van der Waals surface area contributed by atoms with Crippen LogP contribution in [0.2, 0.25) is 0 Å². The molecule has 3 aromatic carbocycles. The van der Waals surface area contributed by atoms with E-state index in [1.54, 1.807) is 6.07 Å². The van der Waals surface area contributed by atoms with E-state index in [-0.39, 0.29) is 17.8 Å². The number of halogens is 1. The number of aryl methyl sites for hydroxylation is 1. The molecule has 0 saturated carbocycles. The molecule has 2 unspecified atom stereocenters. The van der Waals surface area contributed by atoms with Crippen molar-refractivity contribution in [2.45, 2.75) is 43.8 Å². The van der Waals surface area contributed by atoms with Crippen molar-refractivity contribution >= 4 is 5.91 Å². The van der Waals surface area contributed by atoms with Crippen molar-refractivity contribution in [1.29, 1.82) is 0 Å². The summed E-state index contributed by atoms with van der Waals surface area (Å²) in [7, 11) is 0. The van der Waals surface area contributed by atoms with Gasteiger partial charge in [-0.2, -0.15) is 0 Å². The van der Waals surface area contributed by atoms with Crippen molar-refractivity contribution < 1.29 is 18.8 Å². The zero-order valence-electron chi connectivity index (χ0n) is 17.9. The monoisotopic (exact) mass is 431 g/mol. The number of amides is 1. The summed E-state index contributed by atoms with van der Waals surface area (Å²) in [4.78, 5) is 19.5. The normalized spacial score (nSPS) is 22.1. The molecule has 0 aliphatic carbocycles. The lowest BCUT2D eigenvalue weighted by Crippen LogP contribution is -2.45. The molecule has 0 radical (unpaired) electrons. The fourth-order valence-electron chi connectivity index (χ4n) is 4.86. The van der Waals surface area contributed by atoms with Gasteiger partial charge < -0.3 is 4.74 Å². The SMILES string of the molecule is O=C1N(OCc2ccccc2)CCC12CC(CCc1ccccc1)Oc1ccc(F)cc12. The highest BCUT2D eigenvalue weighted by molar-refractivity contribution is 5.90. The van der Waals surface area contributed by atoms with Crippen LogP contribution in [0.15, 0.2) is 78.9 Å². The van der Waals surface area contributed by atoms with Gasteiger partial charge in [0.25, 0.3) is 5.91 Å². The molecule has 2 aliphatic rings. The van der Waals surface area contributed by atoms with Crippen LogP contribution < -0.4 is 4.74 Å². The van der Waals surface area contributed by atoms with Gasteiger partial charge in [0.15, 0.2) is 0 Å². The molecule has 0 N–H and O–H groups in total. The van der Waals surface area contributed by atoms with Crippen molar-refractivity contribution in [3.05, 3.63) is 101 Å². The predicted molar refractivity (Wildman–Crippen MR) is 119 cm³/mol. The third-order valence-electron chi connectivity index (χ3n) is 6.53. The first-order valence-corrected chi connectivity index (χ1v) is 11.1. The molecule has 1 fully saturated rings. The minimum absolute atomic E-state index is 0.103. The minimum Gasteiger partial charge on any atom is -0.490 e. The number of fused-ring (bicyclic) bond motifs is 2. The van der Waals surface area contributed by atoms with E-state index in [2.05, 4.69) is 12.1 Å². The Morgan fingerprint density at radius 3 is 2.47 bits per heavy atom. The molecule has 2 aliphatic heterocycles. The van der Waals surface area contributed by atoms with Gasteiger partial charge in [-0.05, 0) is 48.6 Å². The molecule has 1 spiro atoms. The highest BCUT2D eigenvalue weighted by Gasteiger charge is 2.53. The summed E-state index contributed by atoms with van der Waals surface area (Å²) in [5, 5.41) is 1.46. The topological polar surface area (TPSA) is 38.8 Å². The van der Waals surface area contributed by atoms with Gasteiger partial charge in [0.1, 0.15) is 24.3 Å². The number of benzene rings is 3. The Balaban J connectivity index is 1.37. The first-order valence-electron chi connectivity index (χ1n) is 11.1. The molecule has 4 nitrogen and oxygen atoms in total. The molecule has 3 aromatic rings. The third kappa shape index (κ3) is 4.00. The second kappa shape index (κ2) is 8.75. The Morgan fingerprint density at radius 2 is 1.72 bits per heavy atom. The quantitative estimate of drug-likeness (QED) is 0.538. The van der Waals surface area contributed by atoms with Crippen LogP contribution in [0.4, 0.5) is 4.39 Å². The molecule has 1 amide bonds. The predicted octanol–water partition coefficient (Wildman–Crippen LogP) is 5.21. The maximum absolute atomic E-state index is 14.2. The summed E-state index contributed by atoms with van der Waals surface area (Å²) in [6.07, 6.45) is 2.65. The van der Waals surface area contributed by atoms with Crippen molar-refractivity contribution in [3.63, 3.8) is 0 Å². The average Bonchev–Trinajstić information content (AvgIpc) is 3.14. The first-order chi connectivity index (χ1) is 15.6. The Hall–Kier alpha value is -3.18. The number of ether oxygens (including phenoxy) is 1. The zero-order valence-corrected chi connectivity index (χ0v) is 17.9. The molecule has 5 heteroatoms. The van der Waals surface area contributed by atoms with E-state index in [9.17, 15) is 9.18 Å². The summed E-state index contributed by atoms with van der Waals surface area (Å²) in [6.45, 7) is 0.805. The number of carbonyl (C=O) groups is 1. The Morgan fingerprint density at radius 1 is 1.00 bits per heavy atom. The van der Waals surface area contributed by atoms with Crippen molar-refractivity contribution in [3.8, 4) is 5.75 Å². The number of hydroxylamine groups is 2. The number of rotatable bonds is 6. The van der Waals surface area contributed by atoms with Crippen LogP contribution in [0.25, 0.3) is 0 Å². The molecule has 0 aromatic heterocycles. The van der Waals surface area contributed by atoms with E-state index in [0.717, 1.165) is 18.4 Å². The van der Waals surface area contributed by atoms with Crippen LogP contribution in [-0.4, -0.2) is 23.6 Å². The second-order valence-corrected chi connectivity index (χ2v) is 8.61. The van der Waals surface area contributed by atoms with Gasteiger partial charge in [0.05, 0.1) is 12.0 Å². The summed E-state index contributed by atoms with van der Waals surface area (Å²) < 4.78 is 20.4. The largest absolute Gasteiger partial charge is 0.490 e. The lowest BCUT2D eigenvalue weighted by Gasteiger charge is -2.38. The molecule has 1 saturated heterocycles. The number of hydrogen-bond acceptors (Lipinski definition) is 3. The van der Waals surface area contributed by atoms with Crippen molar-refractivity contribution in [2.75, 3.05) is 6.54 Å². The summed E-state index contributed by atoms with van der Waals surface area (Å²) in [5.41, 5.74) is 2.07. The Kier molecular flexibility index (Phi) is 5.66. The molecular weight excluding hydrogens is 405 g/mol. The molecule has 5 rings (SSSR count). The third-order valence-corrected chi connectivity index (χ3v) is 6.53. The van der Waals surface area contributed by atoms with Gasteiger partial charge in [-0.25, -0.2) is 9.45 Å². The minimum atomic E-state index is -0.812. The molecule has 164 valence electrons. The molecule has 2 atom stereocenters.